The van der Waals surface area contributed by atoms with E-state index in [2.05, 4.69) is 9.88 Å². The largest absolute Gasteiger partial charge is 0.375 e. The minimum atomic E-state index is 0.698. The topological polar surface area (TPSA) is 42.1 Å². The molecule has 3 nitrogen and oxygen atoms in total. The average Bonchev–Trinajstić information content (AvgIpc) is 2.93. The normalized spacial score (nSPS) is 24.5. The minimum absolute atomic E-state index is 0.698. The first-order chi connectivity index (χ1) is 8.26. The highest BCUT2D eigenvalue weighted by atomic mass is 32.1. The highest BCUT2D eigenvalue weighted by Crippen LogP contribution is 2.46. The third kappa shape index (κ3) is 2.47. The van der Waals surface area contributed by atoms with Gasteiger partial charge in [-0.25, -0.2) is 4.98 Å². The summed E-state index contributed by atoms with van der Waals surface area (Å²) in [6, 6.07) is 0. The van der Waals surface area contributed by atoms with Crippen molar-refractivity contribution in [2.75, 3.05) is 18.8 Å². The van der Waals surface area contributed by atoms with Crippen LogP contribution in [-0.4, -0.2) is 23.0 Å². The molecule has 3 rings (SSSR count). The van der Waals surface area contributed by atoms with E-state index in [1.54, 1.807) is 11.3 Å². The van der Waals surface area contributed by atoms with Gasteiger partial charge in [-0.05, 0) is 44.2 Å². The number of anilines is 1. The van der Waals surface area contributed by atoms with Crippen molar-refractivity contribution < 1.29 is 0 Å². The van der Waals surface area contributed by atoms with Gasteiger partial charge < -0.3 is 5.73 Å². The summed E-state index contributed by atoms with van der Waals surface area (Å²) < 4.78 is 0. The molecule has 0 radical (unpaired) electrons. The van der Waals surface area contributed by atoms with E-state index >= 15 is 0 Å². The van der Waals surface area contributed by atoms with Crippen molar-refractivity contribution in [3.8, 4) is 0 Å². The van der Waals surface area contributed by atoms with Gasteiger partial charge in [0.25, 0.3) is 0 Å². The molecule has 2 aliphatic rings. The lowest BCUT2D eigenvalue weighted by Gasteiger charge is -2.39. The second-order valence-electron chi connectivity index (χ2n) is 5.65. The van der Waals surface area contributed by atoms with Crippen molar-refractivity contribution in [1.82, 2.24) is 9.88 Å². The molecule has 2 N–H and O–H groups in total. The Morgan fingerprint density at radius 2 is 1.94 bits per heavy atom. The predicted molar refractivity (Wildman–Crippen MR) is 71.9 cm³/mol. The van der Waals surface area contributed by atoms with Crippen LogP contribution in [0.4, 0.5) is 5.13 Å². The Balaban J connectivity index is 1.54. The Bertz CT molecular complexity index is 372. The van der Waals surface area contributed by atoms with E-state index in [9.17, 15) is 0 Å². The van der Waals surface area contributed by atoms with E-state index in [0.717, 1.165) is 12.0 Å². The summed E-state index contributed by atoms with van der Waals surface area (Å²) in [7, 11) is 0. The number of likely N-dealkylation sites (tertiary alicyclic amines) is 1. The van der Waals surface area contributed by atoms with Gasteiger partial charge >= 0.3 is 0 Å². The molecule has 0 unspecified atom stereocenters. The molecule has 1 aliphatic heterocycles. The van der Waals surface area contributed by atoms with Crippen molar-refractivity contribution in [2.24, 2.45) is 5.41 Å². The van der Waals surface area contributed by atoms with Crippen LogP contribution in [0.1, 0.15) is 43.4 Å². The molecule has 2 heterocycles. The molecular formula is C13H21N3S. The molecule has 17 heavy (non-hydrogen) atoms. The Hall–Kier alpha value is -0.610. The molecule has 1 aromatic heterocycles. The number of piperidine rings is 1. The molecule has 1 spiro atoms. The molecular weight excluding hydrogens is 230 g/mol. The highest BCUT2D eigenvalue weighted by molar-refractivity contribution is 7.15. The fourth-order valence-electron chi connectivity index (χ4n) is 3.43. The van der Waals surface area contributed by atoms with E-state index < -0.39 is 0 Å². The van der Waals surface area contributed by atoms with Crippen LogP contribution in [0.3, 0.4) is 0 Å². The van der Waals surface area contributed by atoms with Gasteiger partial charge in [-0.1, -0.05) is 12.8 Å². The maximum atomic E-state index is 5.67. The van der Waals surface area contributed by atoms with E-state index in [4.69, 9.17) is 5.73 Å². The zero-order valence-electron chi connectivity index (χ0n) is 10.3. The highest BCUT2D eigenvalue weighted by Gasteiger charge is 2.36. The fourth-order valence-corrected chi connectivity index (χ4v) is 4.15. The van der Waals surface area contributed by atoms with Crippen LogP contribution in [-0.2, 0) is 6.54 Å². The van der Waals surface area contributed by atoms with E-state index in [1.165, 1.54) is 56.5 Å². The lowest BCUT2D eigenvalue weighted by molar-refractivity contribution is 0.104. The molecule has 1 aromatic rings. The third-order valence-electron chi connectivity index (χ3n) is 4.53. The predicted octanol–water partition coefficient (Wildman–Crippen LogP) is 2.88. The van der Waals surface area contributed by atoms with E-state index in [-0.39, 0.29) is 0 Å². The summed E-state index contributed by atoms with van der Waals surface area (Å²) in [6.45, 7) is 3.57. The zero-order chi connectivity index (χ0) is 11.7. The Labute approximate surface area is 107 Å². The lowest BCUT2D eigenvalue weighted by atomic mass is 9.77. The van der Waals surface area contributed by atoms with Crippen LogP contribution in [0.25, 0.3) is 0 Å². The molecule has 4 heteroatoms. The van der Waals surface area contributed by atoms with Crippen LogP contribution < -0.4 is 5.73 Å². The number of hydrogen-bond donors (Lipinski definition) is 1. The van der Waals surface area contributed by atoms with E-state index in [0.29, 0.717) is 5.13 Å². The first-order valence-corrected chi connectivity index (χ1v) is 7.50. The van der Waals surface area contributed by atoms with Crippen LogP contribution >= 0.6 is 11.3 Å². The monoisotopic (exact) mass is 251 g/mol. The van der Waals surface area contributed by atoms with Crippen molar-refractivity contribution >= 4 is 16.5 Å². The van der Waals surface area contributed by atoms with Crippen LogP contribution in [0, 0.1) is 5.41 Å². The van der Waals surface area contributed by atoms with Gasteiger partial charge in [0.15, 0.2) is 5.13 Å². The SMILES string of the molecule is Nc1ncc(CN2CCC3(CCCC3)CC2)s1. The first-order valence-electron chi connectivity index (χ1n) is 6.68. The van der Waals surface area contributed by atoms with Gasteiger partial charge in [-0.3, -0.25) is 4.90 Å². The second-order valence-corrected chi connectivity index (χ2v) is 6.79. The van der Waals surface area contributed by atoms with Gasteiger partial charge in [-0.15, -0.1) is 11.3 Å². The van der Waals surface area contributed by atoms with Gasteiger partial charge in [0.2, 0.25) is 0 Å². The van der Waals surface area contributed by atoms with Gasteiger partial charge in [-0.2, -0.15) is 0 Å². The maximum absolute atomic E-state index is 5.67. The minimum Gasteiger partial charge on any atom is -0.375 e. The van der Waals surface area contributed by atoms with Gasteiger partial charge in [0.1, 0.15) is 0 Å². The summed E-state index contributed by atoms with van der Waals surface area (Å²) in [4.78, 5) is 8.00. The number of rotatable bonds is 2. The average molecular weight is 251 g/mol. The molecule has 0 bridgehead atoms. The summed E-state index contributed by atoms with van der Waals surface area (Å²) in [5.74, 6) is 0. The molecule has 0 amide bonds. The standard InChI is InChI=1S/C13H21N3S/c14-12-15-9-11(17-12)10-16-7-5-13(6-8-16)3-1-2-4-13/h9H,1-8,10H2,(H2,14,15). The van der Waals surface area contributed by atoms with Crippen molar-refractivity contribution in [3.63, 3.8) is 0 Å². The number of aromatic nitrogens is 1. The molecule has 0 atom stereocenters. The smallest absolute Gasteiger partial charge is 0.180 e. The van der Waals surface area contributed by atoms with Crippen molar-refractivity contribution in [2.45, 2.75) is 45.1 Å². The third-order valence-corrected chi connectivity index (χ3v) is 5.34. The molecule has 1 aliphatic carbocycles. The summed E-state index contributed by atoms with van der Waals surface area (Å²) in [5.41, 5.74) is 6.39. The van der Waals surface area contributed by atoms with Crippen molar-refractivity contribution in [3.05, 3.63) is 11.1 Å². The van der Waals surface area contributed by atoms with Crippen LogP contribution in [0.15, 0.2) is 6.20 Å². The fraction of sp³-hybridized carbons (Fsp3) is 0.769. The van der Waals surface area contributed by atoms with Crippen LogP contribution in [0.2, 0.25) is 0 Å². The number of thiazole rings is 1. The molecule has 1 saturated carbocycles. The zero-order valence-corrected chi connectivity index (χ0v) is 11.1. The Morgan fingerprint density at radius 3 is 2.53 bits per heavy atom. The number of nitrogens with zero attached hydrogens (tertiary/aromatic N) is 2. The molecule has 2 fully saturated rings. The molecule has 1 saturated heterocycles. The first kappa shape index (κ1) is 11.5. The maximum Gasteiger partial charge on any atom is 0.180 e. The van der Waals surface area contributed by atoms with Gasteiger partial charge in [0.05, 0.1) is 0 Å². The van der Waals surface area contributed by atoms with Gasteiger partial charge in [0, 0.05) is 17.6 Å². The second kappa shape index (κ2) is 4.58. The lowest BCUT2D eigenvalue weighted by Crippen LogP contribution is -2.38. The van der Waals surface area contributed by atoms with Crippen LogP contribution in [0.5, 0.6) is 0 Å². The molecule has 94 valence electrons. The summed E-state index contributed by atoms with van der Waals surface area (Å²) in [5, 5.41) is 0.698. The Kier molecular flexibility index (Phi) is 3.09. The summed E-state index contributed by atoms with van der Waals surface area (Å²) in [6.07, 6.45) is 10.6. The quantitative estimate of drug-likeness (QED) is 0.879. The number of hydrogen-bond acceptors (Lipinski definition) is 4. The Morgan fingerprint density at radius 1 is 1.24 bits per heavy atom. The summed E-state index contributed by atoms with van der Waals surface area (Å²) >= 11 is 1.63. The van der Waals surface area contributed by atoms with E-state index in [1.807, 2.05) is 6.20 Å². The molecule has 0 aromatic carbocycles. The number of nitrogen functional groups attached to an aromatic ring is 1. The number of nitrogens with two attached hydrogens (primary N) is 1. The van der Waals surface area contributed by atoms with Crippen molar-refractivity contribution in [1.29, 1.82) is 0 Å².